The zero-order valence-corrected chi connectivity index (χ0v) is 10.4. The van der Waals surface area contributed by atoms with Gasteiger partial charge >= 0.3 is 12.1 Å². The number of hydrogen-bond donors (Lipinski definition) is 0. The molecule has 18 heavy (non-hydrogen) atoms. The highest BCUT2D eigenvalue weighted by atomic mass is 16.6. The van der Waals surface area contributed by atoms with Crippen LogP contribution in [0.1, 0.15) is 22.8 Å². The monoisotopic (exact) mass is 249 g/mol. The number of nitrogens with zero attached hydrogens (tertiary/aromatic N) is 1. The van der Waals surface area contributed by atoms with E-state index in [1.54, 1.807) is 23.1 Å². The summed E-state index contributed by atoms with van der Waals surface area (Å²) in [6.07, 6.45) is -0.314. The quantitative estimate of drug-likeness (QED) is 0.767. The first-order valence-electron chi connectivity index (χ1n) is 5.72. The second kappa shape index (κ2) is 5.08. The van der Waals surface area contributed by atoms with Crippen LogP contribution in [0, 0.1) is 0 Å². The number of rotatable bonds is 3. The third-order valence-corrected chi connectivity index (χ3v) is 2.92. The predicted octanol–water partition coefficient (Wildman–Crippen LogP) is 1.81. The van der Waals surface area contributed by atoms with E-state index in [1.807, 2.05) is 13.0 Å². The van der Waals surface area contributed by atoms with Crippen molar-refractivity contribution >= 4 is 12.1 Å². The largest absolute Gasteiger partial charge is 0.465 e. The summed E-state index contributed by atoms with van der Waals surface area (Å²) in [5.41, 5.74) is 1.36. The number of cyclic esters (lactones) is 1. The molecule has 0 radical (unpaired) electrons. The Hall–Kier alpha value is -2.04. The summed E-state index contributed by atoms with van der Waals surface area (Å²) in [4.78, 5) is 24.5. The normalized spacial score (nSPS) is 18.7. The lowest BCUT2D eigenvalue weighted by Gasteiger charge is -2.18. The van der Waals surface area contributed by atoms with Crippen LogP contribution in [-0.4, -0.2) is 36.7 Å². The molecule has 1 aliphatic rings. The molecule has 1 atom stereocenters. The Kier molecular flexibility index (Phi) is 3.50. The van der Waals surface area contributed by atoms with Gasteiger partial charge in [-0.3, -0.25) is 4.90 Å². The van der Waals surface area contributed by atoms with Crippen LogP contribution in [0.5, 0.6) is 0 Å². The Labute approximate surface area is 105 Å². The van der Waals surface area contributed by atoms with Crippen LogP contribution in [0.2, 0.25) is 0 Å². The van der Waals surface area contributed by atoms with E-state index in [2.05, 4.69) is 4.74 Å². The molecule has 2 rings (SSSR count). The van der Waals surface area contributed by atoms with Crippen molar-refractivity contribution < 1.29 is 19.1 Å². The number of carbonyl (C=O) groups is 2. The van der Waals surface area contributed by atoms with Gasteiger partial charge in [0.15, 0.2) is 0 Å². The molecule has 1 amide bonds. The summed E-state index contributed by atoms with van der Waals surface area (Å²) in [7, 11) is 1.34. The lowest BCUT2D eigenvalue weighted by molar-refractivity contribution is 0.0600. The molecular formula is C13H15NO4. The maximum absolute atomic E-state index is 11.5. The van der Waals surface area contributed by atoms with Crippen LogP contribution in [0.25, 0.3) is 0 Å². The van der Waals surface area contributed by atoms with Crippen LogP contribution >= 0.6 is 0 Å². The van der Waals surface area contributed by atoms with Crippen molar-refractivity contribution in [1.29, 1.82) is 0 Å². The Morgan fingerprint density at radius 2 is 2.33 bits per heavy atom. The van der Waals surface area contributed by atoms with Crippen LogP contribution < -0.4 is 0 Å². The average Bonchev–Trinajstić information content (AvgIpc) is 2.70. The van der Waals surface area contributed by atoms with Gasteiger partial charge in [0.05, 0.1) is 18.7 Å². The molecule has 1 fully saturated rings. The zero-order chi connectivity index (χ0) is 13.1. The summed E-state index contributed by atoms with van der Waals surface area (Å²) in [6, 6.07) is 7.10. The second-order valence-electron chi connectivity index (χ2n) is 4.25. The first-order chi connectivity index (χ1) is 8.61. The molecule has 1 heterocycles. The number of methoxy groups -OCH3 is 1. The second-order valence-corrected chi connectivity index (χ2v) is 4.25. The van der Waals surface area contributed by atoms with Crippen molar-refractivity contribution in [2.45, 2.75) is 19.5 Å². The third kappa shape index (κ3) is 2.45. The summed E-state index contributed by atoms with van der Waals surface area (Å²) < 4.78 is 9.60. The van der Waals surface area contributed by atoms with Crippen molar-refractivity contribution in [3.63, 3.8) is 0 Å². The van der Waals surface area contributed by atoms with Gasteiger partial charge < -0.3 is 9.47 Å². The number of hydrogen-bond acceptors (Lipinski definition) is 4. The summed E-state index contributed by atoms with van der Waals surface area (Å²) in [6.45, 7) is 2.77. The lowest BCUT2D eigenvalue weighted by Crippen LogP contribution is -2.30. The topological polar surface area (TPSA) is 55.8 Å². The molecule has 1 unspecified atom stereocenters. The van der Waals surface area contributed by atoms with E-state index < -0.39 is 0 Å². The fourth-order valence-electron chi connectivity index (χ4n) is 1.88. The van der Waals surface area contributed by atoms with Gasteiger partial charge in [0, 0.05) is 6.54 Å². The lowest BCUT2D eigenvalue weighted by atomic mass is 10.1. The predicted molar refractivity (Wildman–Crippen MR) is 64.1 cm³/mol. The van der Waals surface area contributed by atoms with E-state index in [4.69, 9.17) is 4.74 Å². The fourth-order valence-corrected chi connectivity index (χ4v) is 1.88. The standard InChI is InChI=1S/C13H15NO4/c1-9-8-18-13(16)14(9)7-10-4-3-5-11(6-10)12(15)17-2/h3-6,9H,7-8H2,1-2H3. The Bertz CT molecular complexity index is 472. The smallest absolute Gasteiger partial charge is 0.410 e. The number of ether oxygens (including phenoxy) is 2. The molecule has 0 N–H and O–H groups in total. The molecular weight excluding hydrogens is 234 g/mol. The summed E-state index contributed by atoms with van der Waals surface area (Å²) in [5, 5.41) is 0. The zero-order valence-electron chi connectivity index (χ0n) is 10.4. The van der Waals surface area contributed by atoms with Crippen LogP contribution in [-0.2, 0) is 16.0 Å². The number of amides is 1. The number of esters is 1. The molecule has 0 saturated carbocycles. The molecule has 0 aromatic heterocycles. The van der Waals surface area contributed by atoms with E-state index in [0.29, 0.717) is 18.7 Å². The SMILES string of the molecule is COC(=O)c1cccc(CN2C(=O)OCC2C)c1. The molecule has 0 spiro atoms. The van der Waals surface area contributed by atoms with Gasteiger partial charge in [-0.15, -0.1) is 0 Å². The van der Waals surface area contributed by atoms with Crippen molar-refractivity contribution in [1.82, 2.24) is 4.90 Å². The first-order valence-corrected chi connectivity index (χ1v) is 5.72. The van der Waals surface area contributed by atoms with Crippen molar-refractivity contribution in [3.05, 3.63) is 35.4 Å². The summed E-state index contributed by atoms with van der Waals surface area (Å²) >= 11 is 0. The van der Waals surface area contributed by atoms with Crippen molar-refractivity contribution in [3.8, 4) is 0 Å². The molecule has 1 aliphatic heterocycles. The Balaban J connectivity index is 2.14. The van der Waals surface area contributed by atoms with Gasteiger partial charge in [-0.1, -0.05) is 12.1 Å². The minimum Gasteiger partial charge on any atom is -0.465 e. The number of carbonyl (C=O) groups excluding carboxylic acids is 2. The minimum absolute atomic E-state index is 0.0549. The highest BCUT2D eigenvalue weighted by Gasteiger charge is 2.29. The molecule has 1 aromatic carbocycles. The van der Waals surface area contributed by atoms with Gasteiger partial charge in [0.1, 0.15) is 6.61 Å². The van der Waals surface area contributed by atoms with Crippen molar-refractivity contribution in [2.75, 3.05) is 13.7 Å². The third-order valence-electron chi connectivity index (χ3n) is 2.92. The molecule has 5 nitrogen and oxygen atoms in total. The van der Waals surface area contributed by atoms with Crippen molar-refractivity contribution in [2.24, 2.45) is 0 Å². The molecule has 1 saturated heterocycles. The first kappa shape index (κ1) is 12.4. The van der Waals surface area contributed by atoms with Gasteiger partial charge in [-0.25, -0.2) is 9.59 Å². The van der Waals surface area contributed by atoms with E-state index >= 15 is 0 Å². The fraction of sp³-hybridized carbons (Fsp3) is 0.385. The average molecular weight is 249 g/mol. The molecule has 1 aromatic rings. The van der Waals surface area contributed by atoms with E-state index in [9.17, 15) is 9.59 Å². The van der Waals surface area contributed by atoms with Gasteiger partial charge in [-0.2, -0.15) is 0 Å². The Morgan fingerprint density at radius 1 is 1.56 bits per heavy atom. The molecule has 96 valence electrons. The van der Waals surface area contributed by atoms with Crippen LogP contribution in [0.3, 0.4) is 0 Å². The summed E-state index contributed by atoms with van der Waals surface area (Å²) in [5.74, 6) is -0.381. The van der Waals surface area contributed by atoms with E-state index in [-0.39, 0.29) is 18.1 Å². The van der Waals surface area contributed by atoms with Gasteiger partial charge in [0.25, 0.3) is 0 Å². The highest BCUT2D eigenvalue weighted by Crippen LogP contribution is 2.17. The van der Waals surface area contributed by atoms with E-state index in [0.717, 1.165) is 5.56 Å². The van der Waals surface area contributed by atoms with Gasteiger partial charge in [0.2, 0.25) is 0 Å². The molecule has 0 bridgehead atoms. The molecule has 5 heteroatoms. The van der Waals surface area contributed by atoms with Gasteiger partial charge in [-0.05, 0) is 24.6 Å². The molecule has 0 aliphatic carbocycles. The maximum atomic E-state index is 11.5. The maximum Gasteiger partial charge on any atom is 0.410 e. The van der Waals surface area contributed by atoms with Crippen LogP contribution in [0.15, 0.2) is 24.3 Å². The minimum atomic E-state index is -0.381. The highest BCUT2D eigenvalue weighted by molar-refractivity contribution is 5.89. The Morgan fingerprint density at radius 3 is 2.94 bits per heavy atom. The number of benzene rings is 1. The van der Waals surface area contributed by atoms with E-state index in [1.165, 1.54) is 7.11 Å². The van der Waals surface area contributed by atoms with Crippen LogP contribution in [0.4, 0.5) is 4.79 Å².